The van der Waals surface area contributed by atoms with E-state index in [1.165, 1.54) is 96.3 Å². The quantitative estimate of drug-likeness (QED) is 0.0227. The van der Waals surface area contributed by atoms with E-state index in [1.54, 1.807) is 6.08 Å². The molecule has 66 heavy (non-hydrogen) atoms. The summed E-state index contributed by atoms with van der Waals surface area (Å²) in [6.45, 7) is 2.67. The van der Waals surface area contributed by atoms with Crippen LogP contribution in [0, 0.1) is 0 Å². The maximum Gasteiger partial charge on any atom is 0.220 e. The molecule has 0 bridgehead atoms. The Morgan fingerprint density at radius 3 is 1.55 bits per heavy atom. The van der Waals surface area contributed by atoms with Crippen LogP contribution in [0.5, 0.6) is 0 Å². The number of aliphatic hydroxyl groups excluding tert-OH is 8. The van der Waals surface area contributed by atoms with Crippen molar-refractivity contribution in [1.29, 1.82) is 0 Å². The van der Waals surface area contributed by atoms with Crippen LogP contribution in [0.25, 0.3) is 0 Å². The zero-order valence-corrected chi connectivity index (χ0v) is 40.7. The molecule has 12 unspecified atom stereocenters. The number of hydrogen-bond donors (Lipinski definition) is 9. The first kappa shape index (κ1) is 60.1. The summed E-state index contributed by atoms with van der Waals surface area (Å²) in [5, 5.41) is 86.6. The molecule has 14 nitrogen and oxygen atoms in total. The molecule has 0 aromatic rings. The molecule has 0 saturated carbocycles. The highest BCUT2D eigenvalue weighted by Crippen LogP contribution is 2.30. The number of amides is 1. The van der Waals surface area contributed by atoms with Gasteiger partial charge in [-0.2, -0.15) is 0 Å². The SMILES string of the molecule is CCC/C=C/CC/C=C/CC/C=C/C(O)C(COC1OC(CO)C(OC2OC(CO)C(O)C(O)C2O)C(O)C1O)NC(=O)CCCCCCCCCCC/C=C\CCCCCCCCCC. The van der Waals surface area contributed by atoms with Crippen molar-refractivity contribution in [3.63, 3.8) is 0 Å². The van der Waals surface area contributed by atoms with Gasteiger partial charge in [-0.1, -0.05) is 159 Å². The summed E-state index contributed by atoms with van der Waals surface area (Å²) in [5.74, 6) is -0.259. The molecular weight excluding hydrogens is 847 g/mol. The molecule has 0 aromatic heterocycles. The van der Waals surface area contributed by atoms with E-state index in [9.17, 15) is 45.6 Å². The van der Waals surface area contributed by atoms with Crippen LogP contribution in [0.1, 0.15) is 181 Å². The van der Waals surface area contributed by atoms with Gasteiger partial charge in [-0.3, -0.25) is 4.79 Å². The zero-order valence-electron chi connectivity index (χ0n) is 40.7. The number of ether oxygens (including phenoxy) is 4. The summed E-state index contributed by atoms with van der Waals surface area (Å²) >= 11 is 0. The van der Waals surface area contributed by atoms with Crippen LogP contribution < -0.4 is 5.32 Å². The minimum atomic E-state index is -1.79. The molecule has 2 fully saturated rings. The van der Waals surface area contributed by atoms with E-state index in [0.29, 0.717) is 12.8 Å². The van der Waals surface area contributed by atoms with Crippen LogP contribution in [-0.2, 0) is 23.7 Å². The predicted octanol–water partition coefficient (Wildman–Crippen LogP) is 6.88. The van der Waals surface area contributed by atoms with Gasteiger partial charge in [0.25, 0.3) is 0 Å². The van der Waals surface area contributed by atoms with Crippen molar-refractivity contribution in [2.24, 2.45) is 0 Å². The molecule has 0 aliphatic carbocycles. The maximum atomic E-state index is 13.2. The second kappa shape index (κ2) is 38.8. The monoisotopic (exact) mass is 940 g/mol. The second-order valence-corrected chi connectivity index (χ2v) is 18.3. The highest BCUT2D eigenvalue weighted by Gasteiger charge is 2.51. The van der Waals surface area contributed by atoms with Gasteiger partial charge in [0.15, 0.2) is 12.6 Å². The van der Waals surface area contributed by atoms with E-state index in [4.69, 9.17) is 18.9 Å². The number of rotatable bonds is 39. The van der Waals surface area contributed by atoms with E-state index >= 15 is 0 Å². The van der Waals surface area contributed by atoms with Crippen LogP contribution in [0.4, 0.5) is 0 Å². The number of carbonyl (C=O) groups is 1. The van der Waals surface area contributed by atoms with Crippen molar-refractivity contribution in [3.8, 4) is 0 Å². The first-order valence-corrected chi connectivity index (χ1v) is 25.9. The van der Waals surface area contributed by atoms with Crippen LogP contribution >= 0.6 is 0 Å². The molecule has 384 valence electrons. The molecule has 12 atom stereocenters. The highest BCUT2D eigenvalue weighted by atomic mass is 16.7. The van der Waals surface area contributed by atoms with Gasteiger partial charge in [0.2, 0.25) is 5.91 Å². The Hall–Kier alpha value is -2.05. The molecule has 2 heterocycles. The zero-order chi connectivity index (χ0) is 48.2. The Kier molecular flexibility index (Phi) is 35.3. The van der Waals surface area contributed by atoms with Gasteiger partial charge in [-0.15, -0.1) is 0 Å². The Balaban J connectivity index is 1.80. The minimum absolute atomic E-state index is 0.259. The molecule has 1 amide bonds. The first-order valence-electron chi connectivity index (χ1n) is 25.9. The standard InChI is InChI=1S/C52H93NO13/c1-3-5-7-9-11-13-15-16-17-18-19-20-21-22-23-24-26-28-30-32-34-36-44(57)53-40(41(56)35-33-31-29-27-25-14-12-10-8-6-4-2)39-63-51-49(62)47(60)50(43(38-55)65-51)66-52-48(61)46(59)45(58)42(37-54)64-52/h8,10,18-19,25,27,33,35,40-43,45-52,54-56,58-62H,3-7,9,11-17,20-24,26,28-32,34,36-39H2,1-2H3,(H,53,57)/b10-8+,19-18-,27-25+,35-33+. The Labute approximate surface area is 397 Å². The summed E-state index contributed by atoms with van der Waals surface area (Å²) in [6, 6.07) is -0.937. The summed E-state index contributed by atoms with van der Waals surface area (Å²) in [6.07, 6.45) is 28.8. The number of nitrogens with one attached hydrogen (secondary N) is 1. The molecule has 0 aromatic carbocycles. The van der Waals surface area contributed by atoms with Gasteiger partial charge in [0, 0.05) is 6.42 Å². The van der Waals surface area contributed by atoms with Gasteiger partial charge in [-0.25, -0.2) is 0 Å². The highest BCUT2D eigenvalue weighted by molar-refractivity contribution is 5.76. The predicted molar refractivity (Wildman–Crippen MR) is 258 cm³/mol. The molecule has 0 spiro atoms. The fourth-order valence-corrected chi connectivity index (χ4v) is 8.21. The largest absolute Gasteiger partial charge is 0.394 e. The summed E-state index contributed by atoms with van der Waals surface area (Å²) in [4.78, 5) is 13.2. The van der Waals surface area contributed by atoms with E-state index < -0.39 is 86.8 Å². The molecule has 0 radical (unpaired) electrons. The number of hydrogen-bond acceptors (Lipinski definition) is 13. The molecule has 9 N–H and O–H groups in total. The third-order valence-corrected chi connectivity index (χ3v) is 12.4. The minimum Gasteiger partial charge on any atom is -0.394 e. The number of aliphatic hydroxyl groups is 8. The first-order chi connectivity index (χ1) is 32.1. The van der Waals surface area contributed by atoms with Crippen molar-refractivity contribution >= 4 is 5.91 Å². The Morgan fingerprint density at radius 1 is 0.530 bits per heavy atom. The summed E-state index contributed by atoms with van der Waals surface area (Å²) in [5.41, 5.74) is 0. The lowest BCUT2D eigenvalue weighted by Gasteiger charge is -2.46. The van der Waals surface area contributed by atoms with Crippen molar-refractivity contribution in [2.45, 2.75) is 254 Å². The summed E-state index contributed by atoms with van der Waals surface area (Å²) in [7, 11) is 0. The topological polar surface area (TPSA) is 228 Å². The number of carbonyl (C=O) groups excluding carboxylic acids is 1. The van der Waals surface area contributed by atoms with E-state index in [1.807, 2.05) is 6.08 Å². The molecular formula is C52H93NO13. The van der Waals surface area contributed by atoms with Gasteiger partial charge >= 0.3 is 0 Å². The van der Waals surface area contributed by atoms with Gasteiger partial charge in [0.1, 0.15) is 48.8 Å². The average molecular weight is 940 g/mol. The third kappa shape index (κ3) is 25.5. The molecule has 2 saturated heterocycles. The summed E-state index contributed by atoms with van der Waals surface area (Å²) < 4.78 is 22.6. The van der Waals surface area contributed by atoms with Crippen LogP contribution in [0.15, 0.2) is 48.6 Å². The maximum absolute atomic E-state index is 13.2. The van der Waals surface area contributed by atoms with Crippen molar-refractivity contribution in [1.82, 2.24) is 5.32 Å². The van der Waals surface area contributed by atoms with Gasteiger partial charge in [0.05, 0.1) is 32.0 Å². The number of allylic oxidation sites excluding steroid dienone is 7. The van der Waals surface area contributed by atoms with Crippen molar-refractivity contribution < 1.29 is 64.6 Å². The van der Waals surface area contributed by atoms with Crippen LogP contribution in [0.3, 0.4) is 0 Å². The fourth-order valence-electron chi connectivity index (χ4n) is 8.21. The lowest BCUT2D eigenvalue weighted by Crippen LogP contribution is -2.65. The van der Waals surface area contributed by atoms with Crippen LogP contribution in [0.2, 0.25) is 0 Å². The van der Waals surface area contributed by atoms with Gasteiger partial charge in [-0.05, 0) is 64.2 Å². The Bertz CT molecular complexity index is 1290. The van der Waals surface area contributed by atoms with Gasteiger partial charge < -0.3 is 65.1 Å². The van der Waals surface area contributed by atoms with Crippen molar-refractivity contribution in [2.75, 3.05) is 19.8 Å². The lowest BCUT2D eigenvalue weighted by molar-refractivity contribution is -0.359. The molecule has 2 rings (SSSR count). The van der Waals surface area contributed by atoms with E-state index in [2.05, 4.69) is 55.6 Å². The number of unbranched alkanes of at least 4 members (excludes halogenated alkanes) is 20. The van der Waals surface area contributed by atoms with Crippen LogP contribution in [-0.4, -0.2) is 140 Å². The molecule has 14 heteroatoms. The fraction of sp³-hybridized carbons (Fsp3) is 0.827. The molecule has 2 aliphatic rings. The second-order valence-electron chi connectivity index (χ2n) is 18.3. The normalized spacial score (nSPS) is 27.2. The van der Waals surface area contributed by atoms with Crippen molar-refractivity contribution in [3.05, 3.63) is 48.6 Å². The van der Waals surface area contributed by atoms with E-state index in [0.717, 1.165) is 51.4 Å². The third-order valence-electron chi connectivity index (χ3n) is 12.4. The Morgan fingerprint density at radius 2 is 1.00 bits per heavy atom. The molecule has 2 aliphatic heterocycles. The van der Waals surface area contributed by atoms with E-state index in [-0.39, 0.29) is 18.9 Å². The average Bonchev–Trinajstić information content (AvgIpc) is 3.31. The smallest absolute Gasteiger partial charge is 0.220 e. The lowest BCUT2D eigenvalue weighted by atomic mass is 9.97.